The molecule has 0 heterocycles. The molecule has 0 fully saturated rings. The molecule has 0 aliphatic carbocycles. The Bertz CT molecular complexity index is 764. The van der Waals surface area contributed by atoms with Crippen molar-refractivity contribution in [2.75, 3.05) is 6.61 Å². The molecule has 0 bridgehead atoms. The second-order valence-electron chi connectivity index (χ2n) is 4.64. The molecule has 1 aromatic carbocycles. The van der Waals surface area contributed by atoms with E-state index < -0.39 is 37.8 Å². The van der Waals surface area contributed by atoms with E-state index >= 15 is 0 Å². The van der Waals surface area contributed by atoms with E-state index in [0.29, 0.717) is 0 Å². The van der Waals surface area contributed by atoms with Gasteiger partial charge in [-0.2, -0.15) is 0 Å². The van der Waals surface area contributed by atoms with Crippen molar-refractivity contribution in [3.05, 3.63) is 28.3 Å². The number of hydrogen-bond acceptors (Lipinski definition) is 10. The standard InChI is InChI=1S/C13H15NO10S.K/c1-9(15)23-11-6-5-10(8-12(11)25(19,20)21)24-13(16)4-2-3-7-22-14(17)18;/h5-6,8H,2-4,7H2,1H3,(H,19,20,21);/q;+1/p-1. The fourth-order valence-corrected chi connectivity index (χ4v) is 2.30. The Labute approximate surface area is 191 Å². The quantitative estimate of drug-likeness (QED) is 0.0823. The summed E-state index contributed by atoms with van der Waals surface area (Å²) in [5.41, 5.74) is 0. The van der Waals surface area contributed by atoms with E-state index in [1.165, 1.54) is 0 Å². The molecule has 0 N–H and O–H groups in total. The van der Waals surface area contributed by atoms with Gasteiger partial charge >= 0.3 is 63.3 Å². The predicted octanol–water partition coefficient (Wildman–Crippen LogP) is -2.20. The minimum atomic E-state index is -4.97. The van der Waals surface area contributed by atoms with Gasteiger partial charge in [0.05, 0.1) is 6.61 Å². The Kier molecular flexibility index (Phi) is 11.1. The van der Waals surface area contributed by atoms with Gasteiger partial charge in [-0.15, -0.1) is 10.1 Å². The van der Waals surface area contributed by atoms with Crippen LogP contribution in [0.5, 0.6) is 11.5 Å². The number of benzene rings is 1. The van der Waals surface area contributed by atoms with E-state index in [2.05, 4.69) is 9.57 Å². The van der Waals surface area contributed by atoms with Crippen LogP contribution in [0.1, 0.15) is 26.2 Å². The maximum Gasteiger partial charge on any atom is 1.00 e. The van der Waals surface area contributed by atoms with Crippen molar-refractivity contribution in [1.82, 2.24) is 0 Å². The number of carbonyl (C=O) groups is 2. The third-order valence-corrected chi connectivity index (χ3v) is 3.50. The Balaban J connectivity index is 0.00000625. The molecule has 11 nitrogen and oxygen atoms in total. The molecule has 0 saturated heterocycles. The molecular formula is C13H14KNO10S. The molecule has 13 heteroatoms. The topological polar surface area (TPSA) is 162 Å². The van der Waals surface area contributed by atoms with Gasteiger partial charge < -0.3 is 18.9 Å². The van der Waals surface area contributed by atoms with E-state index in [-0.39, 0.29) is 83.0 Å². The number of hydrogen-bond donors (Lipinski definition) is 0. The van der Waals surface area contributed by atoms with Crippen LogP contribution in [0, 0.1) is 10.1 Å². The molecule has 1 aromatic rings. The number of ether oxygens (including phenoxy) is 2. The molecule has 0 saturated carbocycles. The van der Waals surface area contributed by atoms with Crippen LogP contribution in [0.15, 0.2) is 23.1 Å². The Morgan fingerprint density at radius 1 is 1.19 bits per heavy atom. The summed E-state index contributed by atoms with van der Waals surface area (Å²) in [7, 11) is -4.97. The molecule has 26 heavy (non-hydrogen) atoms. The monoisotopic (exact) mass is 415 g/mol. The van der Waals surface area contributed by atoms with Crippen molar-refractivity contribution in [3.8, 4) is 11.5 Å². The molecule has 0 aromatic heterocycles. The van der Waals surface area contributed by atoms with Crippen molar-refractivity contribution in [2.24, 2.45) is 0 Å². The molecule has 0 aliphatic heterocycles. The molecule has 0 spiro atoms. The first-order valence-electron chi connectivity index (χ1n) is 6.86. The zero-order valence-corrected chi connectivity index (χ0v) is 17.9. The van der Waals surface area contributed by atoms with Gasteiger partial charge in [-0.3, -0.25) is 9.59 Å². The van der Waals surface area contributed by atoms with Gasteiger partial charge in [0, 0.05) is 19.4 Å². The maximum atomic E-state index is 11.6. The largest absolute Gasteiger partial charge is 1.00 e. The fraction of sp³-hybridized carbons (Fsp3) is 0.385. The first kappa shape index (κ1) is 24.9. The summed E-state index contributed by atoms with van der Waals surface area (Å²) in [6.45, 7) is 0.855. The molecule has 0 amide bonds. The maximum absolute atomic E-state index is 11.6. The van der Waals surface area contributed by atoms with Gasteiger partial charge in [0.2, 0.25) is 0 Å². The first-order chi connectivity index (χ1) is 11.6. The summed E-state index contributed by atoms with van der Waals surface area (Å²) in [4.78, 5) is 35.7. The van der Waals surface area contributed by atoms with Gasteiger partial charge in [0.1, 0.15) is 26.5 Å². The number of unbranched alkanes of at least 4 members (excludes halogenated alkanes) is 1. The van der Waals surface area contributed by atoms with E-state index in [4.69, 9.17) is 4.74 Å². The molecule has 138 valence electrons. The van der Waals surface area contributed by atoms with Gasteiger partial charge in [-0.1, -0.05) is 0 Å². The van der Waals surface area contributed by atoms with Crippen molar-refractivity contribution in [2.45, 2.75) is 31.1 Å². The summed E-state index contributed by atoms with van der Waals surface area (Å²) in [5, 5.41) is 8.98. The van der Waals surface area contributed by atoms with Crippen LogP contribution in [-0.2, 0) is 24.5 Å². The number of esters is 2. The first-order valence-corrected chi connectivity index (χ1v) is 8.27. The van der Waals surface area contributed by atoms with Gasteiger partial charge in [-0.25, -0.2) is 8.42 Å². The van der Waals surface area contributed by atoms with Crippen LogP contribution >= 0.6 is 0 Å². The second kappa shape index (κ2) is 11.6. The van der Waals surface area contributed by atoms with Crippen LogP contribution in [0.3, 0.4) is 0 Å². The van der Waals surface area contributed by atoms with Crippen molar-refractivity contribution >= 4 is 22.1 Å². The summed E-state index contributed by atoms with van der Waals surface area (Å²) in [6.07, 6.45) is 0.374. The third-order valence-electron chi connectivity index (χ3n) is 2.64. The third kappa shape index (κ3) is 9.56. The fourth-order valence-electron chi connectivity index (χ4n) is 1.68. The van der Waals surface area contributed by atoms with Crippen LogP contribution < -0.4 is 60.9 Å². The number of nitrogens with zero attached hydrogens (tertiary/aromatic N) is 1. The molecule has 0 atom stereocenters. The molecule has 0 unspecified atom stereocenters. The van der Waals surface area contributed by atoms with Crippen LogP contribution in [-0.4, -0.2) is 36.6 Å². The van der Waals surface area contributed by atoms with Crippen LogP contribution in [0.25, 0.3) is 0 Å². The van der Waals surface area contributed by atoms with Gasteiger partial charge in [-0.05, 0) is 25.0 Å². The summed E-state index contributed by atoms with van der Waals surface area (Å²) in [6, 6.07) is 2.94. The van der Waals surface area contributed by atoms with Crippen molar-refractivity contribution in [1.29, 1.82) is 0 Å². The minimum absolute atomic E-state index is 0. The molecular weight excluding hydrogens is 401 g/mol. The smallest absolute Gasteiger partial charge is 0.744 e. The zero-order chi connectivity index (χ0) is 19.0. The molecule has 1 rings (SSSR count). The summed E-state index contributed by atoms with van der Waals surface area (Å²) in [5.74, 6) is -2.27. The van der Waals surface area contributed by atoms with E-state index in [1.807, 2.05) is 0 Å². The van der Waals surface area contributed by atoms with Crippen molar-refractivity contribution in [3.63, 3.8) is 0 Å². The van der Waals surface area contributed by atoms with Gasteiger partial charge in [0.15, 0.2) is 0 Å². The molecule has 0 aliphatic rings. The number of carbonyl (C=O) groups excluding carboxylic acids is 2. The Morgan fingerprint density at radius 3 is 2.38 bits per heavy atom. The van der Waals surface area contributed by atoms with E-state index in [0.717, 1.165) is 25.1 Å². The van der Waals surface area contributed by atoms with E-state index in [1.54, 1.807) is 0 Å². The van der Waals surface area contributed by atoms with Gasteiger partial charge in [0.25, 0.3) is 5.09 Å². The second-order valence-corrected chi connectivity index (χ2v) is 5.99. The Morgan fingerprint density at radius 2 is 1.85 bits per heavy atom. The van der Waals surface area contributed by atoms with Crippen LogP contribution in [0.4, 0.5) is 0 Å². The SMILES string of the molecule is CC(=O)Oc1ccc(OC(=O)CCCCO[N+](=O)[O-])cc1S(=O)(=O)[O-].[K+]. The predicted molar refractivity (Wildman–Crippen MR) is 78.1 cm³/mol. The normalized spacial score (nSPS) is 10.4. The average molecular weight is 415 g/mol. The van der Waals surface area contributed by atoms with Crippen LogP contribution in [0.2, 0.25) is 0 Å². The van der Waals surface area contributed by atoms with E-state index in [9.17, 15) is 32.7 Å². The number of rotatable bonds is 9. The average Bonchev–Trinajstić information content (AvgIpc) is 2.46. The zero-order valence-electron chi connectivity index (χ0n) is 14.0. The molecule has 0 radical (unpaired) electrons. The Hall–Kier alpha value is -1.09. The van der Waals surface area contributed by atoms with Crippen molar-refractivity contribution < 1.29 is 93.3 Å². The minimum Gasteiger partial charge on any atom is -0.744 e. The summed E-state index contributed by atoms with van der Waals surface area (Å²) < 4.78 is 43.1. The summed E-state index contributed by atoms with van der Waals surface area (Å²) >= 11 is 0.